The van der Waals surface area contributed by atoms with Gasteiger partial charge in [0.2, 0.25) is 0 Å². The first-order chi connectivity index (χ1) is 15.9. The number of anilines is 2. The minimum atomic E-state index is -0.648. The zero-order chi connectivity index (χ0) is 23.4. The van der Waals surface area contributed by atoms with E-state index >= 15 is 0 Å². The normalized spacial score (nSPS) is 18.8. The molecule has 0 saturated carbocycles. The summed E-state index contributed by atoms with van der Waals surface area (Å²) in [6.45, 7) is 9.04. The molecule has 2 aromatic rings. The van der Waals surface area contributed by atoms with E-state index in [0.717, 1.165) is 37.4 Å². The lowest BCUT2D eigenvalue weighted by atomic mass is 10.1. The van der Waals surface area contributed by atoms with E-state index in [2.05, 4.69) is 56.6 Å². The fourth-order valence-corrected chi connectivity index (χ4v) is 4.06. The summed E-state index contributed by atoms with van der Waals surface area (Å²) in [6.07, 6.45) is -0.648. The van der Waals surface area contributed by atoms with Gasteiger partial charge >= 0.3 is 0 Å². The van der Waals surface area contributed by atoms with Crippen LogP contribution in [0, 0.1) is 0 Å². The molecule has 5 N–H and O–H groups in total. The van der Waals surface area contributed by atoms with E-state index in [1.807, 2.05) is 12.1 Å². The molecule has 9 nitrogen and oxygen atoms in total. The van der Waals surface area contributed by atoms with Gasteiger partial charge in [0, 0.05) is 50.1 Å². The molecular weight excluding hydrogens is 418 g/mol. The molecule has 1 atom stereocenters. The van der Waals surface area contributed by atoms with Gasteiger partial charge in [0.25, 0.3) is 5.91 Å². The summed E-state index contributed by atoms with van der Waals surface area (Å²) < 4.78 is 0. The highest BCUT2D eigenvalue weighted by Gasteiger charge is 2.28. The summed E-state index contributed by atoms with van der Waals surface area (Å²) in [5, 5.41) is 24.1. The van der Waals surface area contributed by atoms with E-state index in [0.29, 0.717) is 24.0 Å². The van der Waals surface area contributed by atoms with E-state index in [9.17, 15) is 9.90 Å². The van der Waals surface area contributed by atoms with Crippen LogP contribution in [0.1, 0.15) is 19.4 Å². The molecule has 4 rings (SSSR count). The fraction of sp³-hybridized carbons (Fsp3) is 0.375. The number of benzene rings is 2. The highest BCUT2D eigenvalue weighted by atomic mass is 16.3. The SMILES string of the molecule is CC(C)N1CCN(c2ccc(NC3N=NC(NCc4ccc(O)cc4)=C3C(N)=O)cc2)CC1. The molecule has 0 aromatic heterocycles. The Balaban J connectivity index is 1.38. The Morgan fingerprint density at radius 3 is 2.36 bits per heavy atom. The van der Waals surface area contributed by atoms with E-state index in [4.69, 9.17) is 5.73 Å². The van der Waals surface area contributed by atoms with Crippen molar-refractivity contribution < 1.29 is 9.90 Å². The molecule has 1 unspecified atom stereocenters. The van der Waals surface area contributed by atoms with Crippen molar-refractivity contribution in [3.05, 3.63) is 65.5 Å². The molecule has 174 valence electrons. The zero-order valence-corrected chi connectivity index (χ0v) is 19.0. The molecule has 2 aliphatic heterocycles. The summed E-state index contributed by atoms with van der Waals surface area (Å²) in [4.78, 5) is 17.0. The molecule has 2 aliphatic rings. The van der Waals surface area contributed by atoms with Crippen molar-refractivity contribution in [3.8, 4) is 5.75 Å². The summed E-state index contributed by atoms with van der Waals surface area (Å²) >= 11 is 0. The maximum Gasteiger partial charge on any atom is 0.252 e. The third-order valence-electron chi connectivity index (χ3n) is 6.04. The molecular formula is C24H31N7O2. The molecule has 9 heteroatoms. The quantitative estimate of drug-likeness (QED) is 0.492. The minimum absolute atomic E-state index is 0.199. The number of piperazine rings is 1. The third-order valence-corrected chi connectivity index (χ3v) is 6.04. The number of aromatic hydroxyl groups is 1. The topological polar surface area (TPSA) is 119 Å². The molecule has 2 aromatic carbocycles. The third kappa shape index (κ3) is 5.43. The van der Waals surface area contributed by atoms with Crippen LogP contribution in [-0.4, -0.2) is 54.3 Å². The Hall–Kier alpha value is -3.59. The maximum atomic E-state index is 12.1. The molecule has 0 radical (unpaired) electrons. The summed E-state index contributed by atoms with van der Waals surface area (Å²) in [7, 11) is 0. The highest BCUT2D eigenvalue weighted by Crippen LogP contribution is 2.25. The average Bonchev–Trinajstić information content (AvgIpc) is 3.22. The van der Waals surface area contributed by atoms with Crippen molar-refractivity contribution in [1.82, 2.24) is 10.2 Å². The second kappa shape index (κ2) is 9.91. The van der Waals surface area contributed by atoms with Crippen molar-refractivity contribution >= 4 is 17.3 Å². The summed E-state index contributed by atoms with van der Waals surface area (Å²) in [5.74, 6) is -0.0255. The number of hydrogen-bond donors (Lipinski definition) is 4. The van der Waals surface area contributed by atoms with Gasteiger partial charge in [0.1, 0.15) is 11.3 Å². The predicted octanol–water partition coefficient (Wildman–Crippen LogP) is 2.61. The van der Waals surface area contributed by atoms with Gasteiger partial charge < -0.3 is 26.4 Å². The first-order valence-electron chi connectivity index (χ1n) is 11.2. The number of phenols is 1. The maximum absolute atomic E-state index is 12.1. The molecule has 1 saturated heterocycles. The van der Waals surface area contributed by atoms with Gasteiger partial charge in [0.05, 0.1) is 0 Å². The van der Waals surface area contributed by atoms with E-state index < -0.39 is 12.1 Å². The van der Waals surface area contributed by atoms with Gasteiger partial charge in [0.15, 0.2) is 12.0 Å². The number of carbonyl (C=O) groups is 1. The number of azo groups is 1. The van der Waals surface area contributed by atoms with Crippen LogP contribution < -0.4 is 21.3 Å². The first kappa shape index (κ1) is 22.6. The number of primary amides is 1. The standard InChI is InChI=1S/C24H31N7O2/c1-16(2)30-11-13-31(14-12-30)19-7-5-18(6-8-19)27-24-21(22(25)33)23(28-29-24)26-15-17-3-9-20(32)10-4-17/h3-10,16,24,26-27,32H,11-15H2,1-2H3,(H2,25,33). The Bertz CT molecular complexity index is 1020. The molecule has 33 heavy (non-hydrogen) atoms. The van der Waals surface area contributed by atoms with Gasteiger partial charge in [-0.1, -0.05) is 12.1 Å². The first-order valence-corrected chi connectivity index (χ1v) is 11.2. The van der Waals surface area contributed by atoms with Crippen molar-refractivity contribution in [2.75, 3.05) is 36.4 Å². The minimum Gasteiger partial charge on any atom is -0.508 e. The average molecular weight is 450 g/mol. The van der Waals surface area contributed by atoms with Gasteiger partial charge in [-0.05, 0) is 55.8 Å². The molecule has 0 aliphatic carbocycles. The van der Waals surface area contributed by atoms with Crippen LogP contribution in [0.4, 0.5) is 11.4 Å². The Morgan fingerprint density at radius 1 is 1.09 bits per heavy atom. The molecule has 1 amide bonds. The monoisotopic (exact) mass is 449 g/mol. The van der Waals surface area contributed by atoms with Crippen molar-refractivity contribution in [2.45, 2.75) is 32.6 Å². The Labute approximate surface area is 194 Å². The highest BCUT2D eigenvalue weighted by molar-refractivity contribution is 5.94. The largest absolute Gasteiger partial charge is 0.508 e. The number of amides is 1. The predicted molar refractivity (Wildman–Crippen MR) is 129 cm³/mol. The Kier molecular flexibility index (Phi) is 6.79. The molecule has 1 fully saturated rings. The van der Waals surface area contributed by atoms with Crippen molar-refractivity contribution in [2.24, 2.45) is 16.0 Å². The van der Waals surface area contributed by atoms with Crippen molar-refractivity contribution in [3.63, 3.8) is 0 Å². The number of carbonyl (C=O) groups excluding carboxylic acids is 1. The van der Waals surface area contributed by atoms with Gasteiger partial charge in [-0.15, -0.1) is 5.11 Å². The Morgan fingerprint density at radius 2 is 1.76 bits per heavy atom. The van der Waals surface area contributed by atoms with Gasteiger partial charge in [-0.25, -0.2) is 0 Å². The van der Waals surface area contributed by atoms with Crippen LogP contribution in [0.25, 0.3) is 0 Å². The number of rotatable bonds is 8. The van der Waals surface area contributed by atoms with Gasteiger partial charge in [-0.2, -0.15) is 5.11 Å². The van der Waals surface area contributed by atoms with Crippen LogP contribution in [0.15, 0.2) is 70.2 Å². The lowest BCUT2D eigenvalue weighted by Crippen LogP contribution is -2.48. The van der Waals surface area contributed by atoms with E-state index in [1.54, 1.807) is 24.3 Å². The number of nitrogens with two attached hydrogens (primary N) is 1. The van der Waals surface area contributed by atoms with E-state index in [1.165, 1.54) is 5.69 Å². The second-order valence-electron chi connectivity index (χ2n) is 8.57. The number of phenolic OH excluding ortho intramolecular Hbond substituents is 1. The van der Waals surface area contributed by atoms with Crippen LogP contribution in [-0.2, 0) is 11.3 Å². The fourth-order valence-electron chi connectivity index (χ4n) is 4.06. The second-order valence-corrected chi connectivity index (χ2v) is 8.57. The van der Waals surface area contributed by atoms with Crippen LogP contribution in [0.5, 0.6) is 5.75 Å². The lowest BCUT2D eigenvalue weighted by molar-refractivity contribution is -0.114. The molecule has 0 spiro atoms. The number of nitrogens with one attached hydrogen (secondary N) is 2. The lowest BCUT2D eigenvalue weighted by Gasteiger charge is -2.38. The van der Waals surface area contributed by atoms with E-state index in [-0.39, 0.29) is 5.75 Å². The van der Waals surface area contributed by atoms with Crippen LogP contribution in [0.2, 0.25) is 0 Å². The molecule has 2 heterocycles. The van der Waals surface area contributed by atoms with Crippen LogP contribution in [0.3, 0.4) is 0 Å². The number of hydrogen-bond acceptors (Lipinski definition) is 8. The zero-order valence-electron chi connectivity index (χ0n) is 19.0. The van der Waals surface area contributed by atoms with Gasteiger partial charge in [-0.3, -0.25) is 9.69 Å². The van der Waals surface area contributed by atoms with Crippen molar-refractivity contribution in [1.29, 1.82) is 0 Å². The van der Waals surface area contributed by atoms with Crippen LogP contribution >= 0.6 is 0 Å². The molecule has 0 bridgehead atoms. The number of nitrogens with zero attached hydrogens (tertiary/aromatic N) is 4. The summed E-state index contributed by atoms with van der Waals surface area (Å²) in [6, 6.07) is 15.5. The summed E-state index contributed by atoms with van der Waals surface area (Å²) in [5.41, 5.74) is 8.87. The smallest absolute Gasteiger partial charge is 0.252 e.